The third-order valence-corrected chi connectivity index (χ3v) is 14.3. The van der Waals surface area contributed by atoms with Crippen molar-refractivity contribution in [3.8, 4) is 23.2 Å². The number of halogens is 3. The van der Waals surface area contributed by atoms with Gasteiger partial charge in [-0.3, -0.25) is 9.59 Å². The number of hydrogen-bond donors (Lipinski definition) is 0. The summed E-state index contributed by atoms with van der Waals surface area (Å²) >= 11 is 17.6. The van der Waals surface area contributed by atoms with Crippen molar-refractivity contribution in [1.82, 2.24) is 15.0 Å². The van der Waals surface area contributed by atoms with Crippen LogP contribution in [0.3, 0.4) is 0 Å². The van der Waals surface area contributed by atoms with Crippen LogP contribution in [0.5, 0.6) is 0 Å². The molecule has 11 nitrogen and oxygen atoms in total. The van der Waals surface area contributed by atoms with Crippen LogP contribution in [0.4, 0.5) is 0 Å². The van der Waals surface area contributed by atoms with Gasteiger partial charge in [0.05, 0.1) is 18.4 Å². The summed E-state index contributed by atoms with van der Waals surface area (Å²) in [6, 6.07) is 20.0. The number of ether oxygens (including phenoxy) is 2. The summed E-state index contributed by atoms with van der Waals surface area (Å²) in [5, 5.41) is 1.67. The molecule has 0 unspecified atom stereocenters. The number of carbonyl (C=O) groups is 2. The van der Waals surface area contributed by atoms with E-state index < -0.39 is 42.8 Å². The van der Waals surface area contributed by atoms with Crippen molar-refractivity contribution < 1.29 is 36.7 Å². The normalized spacial score (nSPS) is 14.1. The Kier molecular flexibility index (Phi) is 13.8. The van der Waals surface area contributed by atoms with Gasteiger partial charge in [-0.1, -0.05) is 136 Å². The second-order valence-electron chi connectivity index (χ2n) is 13.8. The van der Waals surface area contributed by atoms with Crippen molar-refractivity contribution in [3.05, 3.63) is 110 Å². The van der Waals surface area contributed by atoms with E-state index in [-0.39, 0.29) is 35.4 Å². The number of ketones is 1. The maximum atomic E-state index is 13.6. The predicted octanol–water partition coefficient (Wildman–Crippen LogP) is 8.72. The molecular weight excluding hydrogens is 785 g/mol. The topological polar surface area (TPSA) is 140 Å². The molecule has 0 aliphatic carbocycles. The first kappa shape index (κ1) is 41.9. The second-order valence-corrected chi connectivity index (χ2v) is 20.5. The lowest BCUT2D eigenvalue weighted by atomic mass is 9.96. The van der Waals surface area contributed by atoms with Gasteiger partial charge in [0, 0.05) is 7.11 Å². The largest absolute Gasteiger partial charge is 0.461 e. The van der Waals surface area contributed by atoms with Crippen LogP contribution in [0.25, 0.3) is 29.2 Å². The van der Waals surface area contributed by atoms with Crippen molar-refractivity contribution in [3.63, 3.8) is 0 Å². The lowest BCUT2D eigenvalue weighted by Crippen LogP contribution is -2.67. The van der Waals surface area contributed by atoms with Crippen molar-refractivity contribution in [2.45, 2.75) is 61.6 Å². The Labute approximate surface area is 335 Å². The number of hydrogen-bond acceptors (Lipinski definition) is 11. The van der Waals surface area contributed by atoms with Crippen molar-refractivity contribution in [2.24, 2.45) is 5.92 Å². The maximum Gasteiger partial charge on any atom is 0.308 e. The van der Waals surface area contributed by atoms with Gasteiger partial charge < -0.3 is 27.2 Å². The van der Waals surface area contributed by atoms with Crippen LogP contribution >= 0.6 is 34.8 Å². The van der Waals surface area contributed by atoms with Crippen LogP contribution < -0.4 is 10.4 Å². The lowest BCUT2D eigenvalue weighted by Gasteiger charge is -2.45. The Morgan fingerprint density at radius 2 is 1.45 bits per heavy atom. The number of esters is 1. The standard InChI is InChI=1S/C40H42Cl3N3O8Si/c1-7-34-44-31(23-50-34)37-46-32(24-52-37)38-45-30(22-51-38)36(49-6)26(2)33(47)20-14-15-27(21-35(48)53-25-40(41,42)43)54-55(39(3,4)5,28-16-10-8-11-17-28)29-18-12-9-13-19-29/h7-14,16-20,22-24,26-27,36H,1,15,21,25H2,2-6H3/b20-14+/t26-,27-,36-/m0/s1. The summed E-state index contributed by atoms with van der Waals surface area (Å²) in [4.78, 5) is 40.0. The molecule has 3 heterocycles. The number of allylic oxidation sites excluding steroid dienone is 1. The van der Waals surface area contributed by atoms with E-state index in [1.165, 1.54) is 38.1 Å². The third-order valence-electron chi connectivity index (χ3n) is 8.84. The molecule has 290 valence electrons. The molecule has 0 saturated heterocycles. The molecule has 55 heavy (non-hydrogen) atoms. The van der Waals surface area contributed by atoms with Crippen LogP contribution in [-0.4, -0.2) is 58.6 Å². The number of nitrogens with zero attached hydrogens (tertiary/aromatic N) is 3. The minimum atomic E-state index is -3.12. The Balaban J connectivity index is 1.37. The summed E-state index contributed by atoms with van der Waals surface area (Å²) in [6.07, 6.45) is 7.39. The smallest absolute Gasteiger partial charge is 0.308 e. The van der Waals surface area contributed by atoms with Crippen LogP contribution in [-0.2, 0) is 23.5 Å². The SMILES string of the molecule is C=Cc1nc(-c2nc(-c3nc([C@@H](OC)[C@@H](C)C(=O)/C=C/C[C@@H](CC(=O)OCC(Cl)(Cl)Cl)O[Si](c4ccccc4)(c4ccccc4)C(C)(C)C)co3)co2)co1. The highest BCUT2D eigenvalue weighted by Gasteiger charge is 2.51. The lowest BCUT2D eigenvalue weighted by molar-refractivity contribution is -0.145. The van der Waals surface area contributed by atoms with Gasteiger partial charge in [0.1, 0.15) is 37.2 Å². The van der Waals surface area contributed by atoms with Crippen LogP contribution in [0.15, 0.2) is 111 Å². The molecule has 0 fully saturated rings. The second kappa shape index (κ2) is 18.1. The summed E-state index contributed by atoms with van der Waals surface area (Å²) in [7, 11) is -1.63. The van der Waals surface area contributed by atoms with Gasteiger partial charge in [0.2, 0.25) is 21.5 Å². The Morgan fingerprint density at radius 1 is 0.873 bits per heavy atom. The Bertz CT molecular complexity index is 2030. The van der Waals surface area contributed by atoms with Gasteiger partial charge in [0.15, 0.2) is 17.2 Å². The highest BCUT2D eigenvalue weighted by atomic mass is 35.6. The molecule has 3 atom stereocenters. The quantitative estimate of drug-likeness (QED) is 0.0385. The van der Waals surface area contributed by atoms with E-state index in [1.807, 2.05) is 36.4 Å². The molecular formula is C40H42Cl3N3O8Si. The minimum Gasteiger partial charge on any atom is -0.461 e. The molecule has 15 heteroatoms. The first-order valence-electron chi connectivity index (χ1n) is 17.4. The number of methoxy groups -OCH3 is 1. The van der Waals surface area contributed by atoms with Crippen molar-refractivity contribution >= 4 is 71.3 Å². The van der Waals surface area contributed by atoms with Crippen LogP contribution in [0, 0.1) is 5.92 Å². The fourth-order valence-electron chi connectivity index (χ4n) is 6.24. The van der Waals surface area contributed by atoms with Crippen molar-refractivity contribution in [1.29, 1.82) is 0 Å². The Morgan fingerprint density at radius 3 is 2.02 bits per heavy atom. The van der Waals surface area contributed by atoms with Crippen molar-refractivity contribution in [2.75, 3.05) is 13.7 Å². The fraction of sp³-hybridized carbons (Fsp3) is 0.325. The molecule has 0 saturated carbocycles. The minimum absolute atomic E-state index is 0.155. The van der Waals surface area contributed by atoms with Gasteiger partial charge in [0.25, 0.3) is 8.32 Å². The summed E-state index contributed by atoms with van der Waals surface area (Å²) in [5.74, 6) is -0.827. The number of benzene rings is 2. The predicted molar refractivity (Wildman–Crippen MR) is 214 cm³/mol. The first-order chi connectivity index (χ1) is 26.1. The molecule has 0 aliphatic heterocycles. The van der Waals surface area contributed by atoms with E-state index in [1.54, 1.807) is 13.0 Å². The van der Waals surface area contributed by atoms with Crippen LogP contribution in [0.1, 0.15) is 58.2 Å². The summed E-state index contributed by atoms with van der Waals surface area (Å²) in [5.41, 5.74) is 1.08. The average molecular weight is 827 g/mol. The molecule has 0 N–H and O–H groups in total. The summed E-state index contributed by atoms with van der Waals surface area (Å²) < 4.78 is 33.0. The van der Waals surface area contributed by atoms with E-state index in [4.69, 9.17) is 62.0 Å². The van der Waals surface area contributed by atoms with Gasteiger partial charge in [-0.15, -0.1) is 0 Å². The number of oxazole rings is 3. The van der Waals surface area contributed by atoms with Gasteiger partial charge in [-0.2, -0.15) is 0 Å². The van der Waals surface area contributed by atoms with E-state index in [0.717, 1.165) is 10.4 Å². The Hall–Kier alpha value is -4.30. The molecule has 3 aromatic heterocycles. The average Bonchev–Trinajstić information content (AvgIpc) is 3.95. The zero-order valence-electron chi connectivity index (χ0n) is 31.0. The van der Waals surface area contributed by atoms with Crippen LogP contribution in [0.2, 0.25) is 5.04 Å². The van der Waals surface area contributed by atoms with Gasteiger partial charge in [-0.25, -0.2) is 15.0 Å². The monoisotopic (exact) mass is 825 g/mol. The molecule has 5 aromatic rings. The number of alkyl halides is 3. The number of rotatable bonds is 17. The number of aromatic nitrogens is 3. The molecule has 0 bridgehead atoms. The maximum absolute atomic E-state index is 13.6. The van der Waals surface area contributed by atoms with E-state index in [0.29, 0.717) is 23.0 Å². The van der Waals surface area contributed by atoms with Gasteiger partial charge in [-0.05, 0) is 34.0 Å². The molecule has 0 amide bonds. The highest BCUT2D eigenvalue weighted by Crippen LogP contribution is 2.39. The fourth-order valence-corrected chi connectivity index (χ4v) is 11.1. The molecule has 2 aromatic carbocycles. The third kappa shape index (κ3) is 10.3. The van der Waals surface area contributed by atoms with E-state index >= 15 is 0 Å². The van der Waals surface area contributed by atoms with E-state index in [9.17, 15) is 9.59 Å². The van der Waals surface area contributed by atoms with Gasteiger partial charge >= 0.3 is 5.97 Å². The zero-order chi connectivity index (χ0) is 39.8. The summed E-state index contributed by atoms with van der Waals surface area (Å²) in [6.45, 7) is 11.3. The molecule has 0 aliphatic rings. The van der Waals surface area contributed by atoms with E-state index in [2.05, 4.69) is 66.6 Å². The zero-order valence-corrected chi connectivity index (χ0v) is 34.3. The number of carbonyl (C=O) groups excluding carboxylic acids is 2. The highest BCUT2D eigenvalue weighted by molar-refractivity contribution is 6.99. The molecule has 5 rings (SSSR count). The molecule has 0 spiro atoms. The molecule has 0 radical (unpaired) electrons. The first-order valence-corrected chi connectivity index (χ1v) is 20.4.